The van der Waals surface area contributed by atoms with Gasteiger partial charge in [-0.15, -0.1) is 0 Å². The SMILES string of the molecule is CCCCN(CCC(C)N(CCCC)C(C)(C)C)CC(C)C. The third-order valence-electron chi connectivity index (χ3n) is 4.46. The van der Waals surface area contributed by atoms with Crippen LogP contribution in [0.15, 0.2) is 0 Å². The summed E-state index contributed by atoms with van der Waals surface area (Å²) in [5, 5.41) is 0. The minimum absolute atomic E-state index is 0.279. The lowest BCUT2D eigenvalue weighted by molar-refractivity contribution is 0.0755. The summed E-state index contributed by atoms with van der Waals surface area (Å²) in [6.45, 7) is 23.8. The molecule has 22 heavy (non-hydrogen) atoms. The van der Waals surface area contributed by atoms with Gasteiger partial charge in [-0.2, -0.15) is 0 Å². The minimum atomic E-state index is 0.279. The Labute approximate surface area is 141 Å². The Morgan fingerprint density at radius 1 is 0.818 bits per heavy atom. The fraction of sp³-hybridized carbons (Fsp3) is 1.00. The lowest BCUT2D eigenvalue weighted by Gasteiger charge is -2.41. The van der Waals surface area contributed by atoms with Crippen molar-refractivity contribution in [2.24, 2.45) is 5.92 Å². The molecule has 0 aliphatic rings. The standard InChI is InChI=1S/C20H44N2/c1-9-11-14-21(17-18(3)4)16-13-19(5)22(15-12-10-2)20(6,7)8/h18-19H,9-17H2,1-8H3. The first-order valence-electron chi connectivity index (χ1n) is 9.71. The molecule has 134 valence electrons. The number of rotatable bonds is 12. The highest BCUT2D eigenvalue weighted by Crippen LogP contribution is 2.20. The third kappa shape index (κ3) is 9.84. The summed E-state index contributed by atoms with van der Waals surface area (Å²) in [4.78, 5) is 5.40. The van der Waals surface area contributed by atoms with Gasteiger partial charge in [-0.25, -0.2) is 0 Å². The highest BCUT2D eigenvalue weighted by atomic mass is 15.2. The zero-order valence-corrected chi connectivity index (χ0v) is 16.9. The van der Waals surface area contributed by atoms with Crippen LogP contribution < -0.4 is 0 Å². The van der Waals surface area contributed by atoms with Crippen molar-refractivity contribution in [2.75, 3.05) is 26.2 Å². The van der Waals surface area contributed by atoms with Crippen molar-refractivity contribution in [2.45, 2.75) is 99.1 Å². The molecule has 0 saturated carbocycles. The van der Waals surface area contributed by atoms with E-state index in [1.165, 1.54) is 58.3 Å². The predicted molar refractivity (Wildman–Crippen MR) is 102 cm³/mol. The Hall–Kier alpha value is -0.0800. The van der Waals surface area contributed by atoms with Gasteiger partial charge in [0.15, 0.2) is 0 Å². The maximum atomic E-state index is 2.71. The molecule has 0 aromatic carbocycles. The fourth-order valence-electron chi connectivity index (χ4n) is 3.26. The Morgan fingerprint density at radius 2 is 1.36 bits per heavy atom. The molecule has 0 saturated heterocycles. The van der Waals surface area contributed by atoms with Gasteiger partial charge in [0.25, 0.3) is 0 Å². The Bertz CT molecular complexity index is 255. The molecule has 1 unspecified atom stereocenters. The lowest BCUT2D eigenvalue weighted by atomic mass is 10.0. The summed E-state index contributed by atoms with van der Waals surface area (Å²) in [6, 6.07) is 0.669. The van der Waals surface area contributed by atoms with Crippen LogP contribution in [-0.4, -0.2) is 47.6 Å². The zero-order chi connectivity index (χ0) is 17.2. The van der Waals surface area contributed by atoms with Crippen molar-refractivity contribution in [3.8, 4) is 0 Å². The molecule has 0 N–H and O–H groups in total. The summed E-state index contributed by atoms with van der Waals surface area (Å²) in [6.07, 6.45) is 6.52. The van der Waals surface area contributed by atoms with E-state index in [1.54, 1.807) is 0 Å². The molecule has 1 atom stereocenters. The van der Waals surface area contributed by atoms with E-state index >= 15 is 0 Å². The van der Waals surface area contributed by atoms with E-state index in [2.05, 4.69) is 65.2 Å². The zero-order valence-electron chi connectivity index (χ0n) is 16.9. The maximum Gasteiger partial charge on any atom is 0.0127 e. The van der Waals surface area contributed by atoms with Crippen molar-refractivity contribution < 1.29 is 0 Å². The van der Waals surface area contributed by atoms with Crippen LogP contribution in [0.25, 0.3) is 0 Å². The number of unbranched alkanes of at least 4 members (excludes halogenated alkanes) is 2. The summed E-state index contributed by atoms with van der Waals surface area (Å²) in [7, 11) is 0. The smallest absolute Gasteiger partial charge is 0.0127 e. The van der Waals surface area contributed by atoms with Crippen LogP contribution in [0.1, 0.15) is 87.5 Å². The largest absolute Gasteiger partial charge is 0.303 e. The topological polar surface area (TPSA) is 6.48 Å². The van der Waals surface area contributed by atoms with Crippen LogP contribution in [0.5, 0.6) is 0 Å². The number of nitrogens with zero attached hydrogens (tertiary/aromatic N) is 2. The van der Waals surface area contributed by atoms with Gasteiger partial charge in [-0.1, -0.05) is 40.5 Å². The van der Waals surface area contributed by atoms with Gasteiger partial charge in [0.05, 0.1) is 0 Å². The summed E-state index contributed by atoms with van der Waals surface area (Å²) < 4.78 is 0. The van der Waals surface area contributed by atoms with Crippen LogP contribution in [0.2, 0.25) is 0 Å². The van der Waals surface area contributed by atoms with Crippen molar-refractivity contribution >= 4 is 0 Å². The van der Waals surface area contributed by atoms with Crippen molar-refractivity contribution in [3.63, 3.8) is 0 Å². The van der Waals surface area contributed by atoms with Crippen LogP contribution >= 0.6 is 0 Å². The van der Waals surface area contributed by atoms with Gasteiger partial charge in [0, 0.05) is 18.1 Å². The molecule has 0 aliphatic heterocycles. The average molecular weight is 313 g/mol. The molecule has 2 heteroatoms. The first kappa shape index (κ1) is 21.9. The van der Waals surface area contributed by atoms with Gasteiger partial charge in [0.1, 0.15) is 0 Å². The van der Waals surface area contributed by atoms with E-state index in [1.807, 2.05) is 0 Å². The third-order valence-corrected chi connectivity index (χ3v) is 4.46. The van der Waals surface area contributed by atoms with Gasteiger partial charge in [-0.05, 0) is 72.5 Å². The van der Waals surface area contributed by atoms with E-state index in [0.717, 1.165) is 5.92 Å². The van der Waals surface area contributed by atoms with Crippen molar-refractivity contribution in [1.82, 2.24) is 9.80 Å². The second kappa shape index (κ2) is 11.5. The lowest BCUT2D eigenvalue weighted by Crippen LogP contribution is -2.48. The maximum absolute atomic E-state index is 2.71. The molecule has 0 rings (SSSR count). The minimum Gasteiger partial charge on any atom is -0.303 e. The fourth-order valence-corrected chi connectivity index (χ4v) is 3.26. The molecule has 0 spiro atoms. The highest BCUT2D eigenvalue weighted by molar-refractivity contribution is 4.81. The molecule has 0 amide bonds. The first-order valence-corrected chi connectivity index (χ1v) is 9.71. The molecular weight excluding hydrogens is 268 g/mol. The first-order chi connectivity index (χ1) is 10.2. The molecule has 0 fully saturated rings. The van der Waals surface area contributed by atoms with E-state index in [9.17, 15) is 0 Å². The van der Waals surface area contributed by atoms with E-state index in [0.29, 0.717) is 6.04 Å². The molecule has 0 aromatic heterocycles. The summed E-state index contributed by atoms with van der Waals surface area (Å²) in [5.74, 6) is 0.769. The molecule has 0 radical (unpaired) electrons. The number of hydrogen-bond donors (Lipinski definition) is 0. The second-order valence-electron chi connectivity index (χ2n) is 8.40. The van der Waals surface area contributed by atoms with Crippen LogP contribution in [0, 0.1) is 5.92 Å². The molecule has 2 nitrogen and oxygen atoms in total. The van der Waals surface area contributed by atoms with Gasteiger partial charge in [0.2, 0.25) is 0 Å². The van der Waals surface area contributed by atoms with E-state index in [-0.39, 0.29) is 5.54 Å². The van der Waals surface area contributed by atoms with Crippen molar-refractivity contribution in [1.29, 1.82) is 0 Å². The molecule has 0 bridgehead atoms. The Morgan fingerprint density at radius 3 is 1.82 bits per heavy atom. The van der Waals surface area contributed by atoms with E-state index in [4.69, 9.17) is 0 Å². The van der Waals surface area contributed by atoms with Gasteiger partial charge >= 0.3 is 0 Å². The Balaban J connectivity index is 4.50. The summed E-state index contributed by atoms with van der Waals surface area (Å²) in [5.41, 5.74) is 0.279. The monoisotopic (exact) mass is 312 g/mol. The quantitative estimate of drug-likeness (QED) is 0.474. The van der Waals surface area contributed by atoms with Crippen molar-refractivity contribution in [3.05, 3.63) is 0 Å². The van der Waals surface area contributed by atoms with E-state index < -0.39 is 0 Å². The predicted octanol–water partition coefficient (Wildman–Crippen LogP) is 5.42. The molecule has 0 heterocycles. The second-order valence-corrected chi connectivity index (χ2v) is 8.40. The average Bonchev–Trinajstić information content (AvgIpc) is 2.40. The van der Waals surface area contributed by atoms with Gasteiger partial charge in [-0.3, -0.25) is 4.90 Å². The normalized spacial score (nSPS) is 14.3. The molecular formula is C20H44N2. The van der Waals surface area contributed by atoms with Crippen LogP contribution in [0.3, 0.4) is 0 Å². The number of hydrogen-bond acceptors (Lipinski definition) is 2. The van der Waals surface area contributed by atoms with Gasteiger partial charge < -0.3 is 4.90 Å². The highest BCUT2D eigenvalue weighted by Gasteiger charge is 2.25. The Kier molecular flexibility index (Phi) is 11.4. The molecule has 0 aromatic rings. The van der Waals surface area contributed by atoms with Crippen LogP contribution in [0.4, 0.5) is 0 Å². The molecule has 0 aliphatic carbocycles. The summed E-state index contributed by atoms with van der Waals surface area (Å²) >= 11 is 0. The van der Waals surface area contributed by atoms with Crippen LogP contribution in [-0.2, 0) is 0 Å².